The maximum Gasteiger partial charge on any atom is 0.336 e. The summed E-state index contributed by atoms with van der Waals surface area (Å²) in [5.74, 6) is 0.538. The number of morpholine rings is 1. The van der Waals surface area contributed by atoms with E-state index in [-0.39, 0.29) is 44.8 Å². The number of rotatable bonds is 4. The van der Waals surface area contributed by atoms with E-state index in [9.17, 15) is 19.2 Å². The minimum atomic E-state index is -0.758. The first kappa shape index (κ1) is 35.2. The van der Waals surface area contributed by atoms with Crippen LogP contribution in [0.2, 0.25) is 0 Å². The van der Waals surface area contributed by atoms with Gasteiger partial charge in [0.25, 0.3) is 5.24 Å². The minimum Gasteiger partial charge on any atom is -0.378 e. The lowest BCUT2D eigenvalue weighted by Gasteiger charge is -2.71. The highest BCUT2D eigenvalue weighted by molar-refractivity contribution is 8.15. The van der Waals surface area contributed by atoms with E-state index >= 15 is 0 Å². The molecule has 49 heavy (non-hydrogen) atoms. The van der Waals surface area contributed by atoms with Crippen molar-refractivity contribution in [2.45, 2.75) is 124 Å². The second kappa shape index (κ2) is 11.9. The molecule has 0 aromatic carbocycles. The Labute approximate surface area is 296 Å². The van der Waals surface area contributed by atoms with Gasteiger partial charge in [-0.15, -0.1) is 0 Å². The molecule has 0 aromatic heterocycles. The lowest BCUT2D eigenvalue weighted by molar-refractivity contribution is -0.177. The fraction of sp³-hybridized carbons (Fsp3) is 0.821. The number of imide groups is 1. The Bertz CT molecular complexity index is 1500. The van der Waals surface area contributed by atoms with Gasteiger partial charge in [-0.1, -0.05) is 77.0 Å². The van der Waals surface area contributed by atoms with Crippen molar-refractivity contribution in [3.63, 3.8) is 0 Å². The fourth-order valence-corrected chi connectivity index (χ4v) is 13.3. The first-order chi connectivity index (χ1) is 23.0. The monoisotopic (exact) mass is 695 g/mol. The number of nitrogens with one attached hydrogen (secondary N) is 1. The van der Waals surface area contributed by atoms with Crippen molar-refractivity contribution in [2.24, 2.45) is 55.4 Å². The summed E-state index contributed by atoms with van der Waals surface area (Å²) in [5.41, 5.74) is 2.41. The van der Waals surface area contributed by atoms with Gasteiger partial charge in [-0.3, -0.25) is 19.7 Å². The van der Waals surface area contributed by atoms with Crippen molar-refractivity contribution in [3.05, 3.63) is 11.6 Å². The summed E-state index contributed by atoms with van der Waals surface area (Å²) in [6, 6.07) is 0. The van der Waals surface area contributed by atoms with E-state index < -0.39 is 22.4 Å². The van der Waals surface area contributed by atoms with Crippen LogP contribution in [0.15, 0.2) is 16.8 Å². The lowest BCUT2D eigenvalue weighted by atomic mass is 9.33. The van der Waals surface area contributed by atoms with E-state index in [0.29, 0.717) is 44.0 Å². The third-order valence-electron chi connectivity index (χ3n) is 15.5. The molecule has 7 rings (SSSR count). The summed E-state index contributed by atoms with van der Waals surface area (Å²) < 4.78 is 5.65. The number of nitrogens with zero attached hydrogens (tertiary/aromatic N) is 2. The van der Waals surface area contributed by atoms with Gasteiger partial charge < -0.3 is 14.5 Å². The fourth-order valence-electron chi connectivity index (χ4n) is 12.5. The number of hydrogen-bond donors (Lipinski definition) is 1. The molecule has 270 valence electrons. The lowest BCUT2D eigenvalue weighted by Crippen LogP contribution is -2.65. The summed E-state index contributed by atoms with van der Waals surface area (Å²) in [6.45, 7) is 19.8. The number of oxime groups is 1. The molecule has 8 atom stereocenters. The molecule has 0 bridgehead atoms. The molecular weight excluding hydrogens is 639 g/mol. The SMILES string of the molecule is CC1(C)CC[C@]2(C(=O)N3CCOCC3)CC[C@]3(C)C(=CC[C@@H]4[C@@]5(C)CC/C(=N\OC(=O)CC6SC(=O)NC6=O)C(C)(C)[C@@H]5CC[C@]43C)[C@@H]2C1. The van der Waals surface area contributed by atoms with Crippen LogP contribution in [0.3, 0.4) is 0 Å². The summed E-state index contributed by atoms with van der Waals surface area (Å²) in [5, 5.41) is 5.49. The second-order valence-electron chi connectivity index (χ2n) is 18.6. The molecule has 2 saturated heterocycles. The highest BCUT2D eigenvalue weighted by atomic mass is 32.2. The molecule has 1 unspecified atom stereocenters. The van der Waals surface area contributed by atoms with Gasteiger partial charge >= 0.3 is 5.97 Å². The van der Waals surface area contributed by atoms with Gasteiger partial charge in [0.2, 0.25) is 11.8 Å². The van der Waals surface area contributed by atoms with Crippen LogP contribution >= 0.6 is 11.8 Å². The molecule has 2 heterocycles. The first-order valence-electron chi connectivity index (χ1n) is 18.8. The van der Waals surface area contributed by atoms with E-state index in [1.165, 1.54) is 0 Å². The highest BCUT2D eigenvalue weighted by Crippen LogP contribution is 2.75. The molecule has 4 saturated carbocycles. The van der Waals surface area contributed by atoms with Gasteiger partial charge in [0, 0.05) is 18.5 Å². The van der Waals surface area contributed by atoms with Crippen LogP contribution in [0.5, 0.6) is 0 Å². The Hall–Kier alpha value is -2.20. The number of ether oxygens (including phenoxy) is 1. The van der Waals surface area contributed by atoms with Crippen LogP contribution in [0.4, 0.5) is 4.79 Å². The third kappa shape index (κ3) is 5.38. The van der Waals surface area contributed by atoms with Gasteiger partial charge in [-0.2, -0.15) is 0 Å². The molecule has 9 nitrogen and oxygen atoms in total. The average Bonchev–Trinajstić information content (AvgIpc) is 3.36. The largest absolute Gasteiger partial charge is 0.378 e. The maximum atomic E-state index is 14.6. The van der Waals surface area contributed by atoms with Crippen LogP contribution < -0.4 is 5.32 Å². The number of hydrogen-bond acceptors (Lipinski definition) is 8. The molecular formula is C39H57N3O6S. The van der Waals surface area contributed by atoms with E-state index in [2.05, 4.69) is 69.9 Å². The molecule has 0 spiro atoms. The smallest absolute Gasteiger partial charge is 0.336 e. The molecule has 2 aliphatic heterocycles. The van der Waals surface area contributed by atoms with Crippen molar-refractivity contribution >= 4 is 40.5 Å². The Morgan fingerprint density at radius 1 is 0.980 bits per heavy atom. The minimum absolute atomic E-state index is 0.0384. The normalized spacial score (nSPS) is 43.4. The zero-order valence-electron chi connectivity index (χ0n) is 30.7. The van der Waals surface area contributed by atoms with Crippen LogP contribution in [0.1, 0.15) is 119 Å². The van der Waals surface area contributed by atoms with Crippen LogP contribution in [-0.4, -0.2) is 65.2 Å². The summed E-state index contributed by atoms with van der Waals surface area (Å²) in [6.07, 6.45) is 12.7. The molecule has 3 amide bonds. The zero-order chi connectivity index (χ0) is 35.2. The topological polar surface area (TPSA) is 114 Å². The molecule has 0 aromatic rings. The quantitative estimate of drug-likeness (QED) is 0.187. The number of carbonyl (C=O) groups excluding carboxylic acids is 4. The maximum absolute atomic E-state index is 14.6. The van der Waals surface area contributed by atoms with Gasteiger partial charge in [0.05, 0.1) is 30.8 Å². The standard InChI is InChI=1S/C39H57N3O6S/c1-34(2)14-16-39(32(45)42-18-20-47-21-19-42)17-15-37(6)24(25(39)23-34)8-9-28-36(5)12-11-29(35(3,4)27(36)10-13-38(28,37)7)41-48-30(43)22-26-31(44)40-33(46)49-26/h8,25-28H,9-23H2,1-7H3,(H,40,44,46)/b41-29+/t25-,26?,27-,28+,36-,37+,38+,39-/m0/s1. The van der Waals surface area contributed by atoms with Crippen molar-refractivity contribution in [1.29, 1.82) is 0 Å². The molecule has 10 heteroatoms. The highest BCUT2D eigenvalue weighted by Gasteiger charge is 2.69. The number of thioether (sulfide) groups is 1. The number of allylic oxidation sites excluding steroid dienone is 2. The molecule has 0 radical (unpaired) electrons. The zero-order valence-corrected chi connectivity index (χ0v) is 31.6. The molecule has 5 aliphatic carbocycles. The van der Waals surface area contributed by atoms with Gasteiger partial charge in [-0.25, -0.2) is 4.79 Å². The third-order valence-corrected chi connectivity index (χ3v) is 16.5. The number of amides is 3. The molecule has 7 aliphatic rings. The van der Waals surface area contributed by atoms with Gasteiger partial charge in [0.15, 0.2) is 0 Å². The van der Waals surface area contributed by atoms with Gasteiger partial charge in [0.1, 0.15) is 5.25 Å². The predicted octanol–water partition coefficient (Wildman–Crippen LogP) is 7.29. The average molecular weight is 696 g/mol. The Morgan fingerprint density at radius 3 is 2.39 bits per heavy atom. The van der Waals surface area contributed by atoms with Gasteiger partial charge in [-0.05, 0) is 104 Å². The molecule has 6 fully saturated rings. The Balaban J connectivity index is 1.15. The number of carbonyl (C=O) groups is 4. The Morgan fingerprint density at radius 2 is 1.69 bits per heavy atom. The van der Waals surface area contributed by atoms with Crippen LogP contribution in [0, 0.1) is 50.2 Å². The van der Waals surface area contributed by atoms with E-state index in [1.54, 1.807) is 5.57 Å². The van der Waals surface area contributed by atoms with Crippen molar-refractivity contribution in [1.82, 2.24) is 10.2 Å². The summed E-state index contributed by atoms with van der Waals surface area (Å²) in [4.78, 5) is 58.3. The van der Waals surface area contributed by atoms with E-state index in [0.717, 1.165) is 81.7 Å². The van der Waals surface area contributed by atoms with E-state index in [1.807, 2.05) is 0 Å². The first-order valence-corrected chi connectivity index (χ1v) is 19.7. The number of fused-ring (bicyclic) bond motifs is 7. The second-order valence-corrected chi connectivity index (χ2v) is 19.8. The van der Waals surface area contributed by atoms with Crippen molar-refractivity contribution in [3.8, 4) is 0 Å². The predicted molar refractivity (Wildman–Crippen MR) is 189 cm³/mol. The van der Waals surface area contributed by atoms with Crippen molar-refractivity contribution < 1.29 is 28.8 Å². The Kier molecular flexibility index (Phi) is 8.57. The molecule has 1 N–H and O–H groups in total. The van der Waals surface area contributed by atoms with Crippen LogP contribution in [-0.2, 0) is 24.0 Å². The van der Waals surface area contributed by atoms with Crippen LogP contribution in [0.25, 0.3) is 0 Å². The van der Waals surface area contributed by atoms with Crippen molar-refractivity contribution in [2.75, 3.05) is 26.3 Å². The van der Waals surface area contributed by atoms with E-state index in [4.69, 9.17) is 9.57 Å². The summed E-state index contributed by atoms with van der Waals surface area (Å²) in [7, 11) is 0. The summed E-state index contributed by atoms with van der Waals surface area (Å²) >= 11 is 0.832.